The van der Waals surface area contributed by atoms with Gasteiger partial charge in [0.15, 0.2) is 0 Å². The Hall–Kier alpha value is -0.590. The summed E-state index contributed by atoms with van der Waals surface area (Å²) in [5.74, 6) is 1.32. The molecule has 92 valence electrons. The van der Waals surface area contributed by atoms with Crippen LogP contribution in [0.1, 0.15) is 33.1 Å². The van der Waals surface area contributed by atoms with Gasteiger partial charge in [0.05, 0.1) is 6.07 Å². The van der Waals surface area contributed by atoms with E-state index in [2.05, 4.69) is 44.2 Å². The molecule has 3 nitrogen and oxygen atoms in total. The molecule has 1 fully saturated rings. The largest absolute Gasteiger partial charge is 0.308 e. The number of nitrogens with one attached hydrogen (secondary N) is 1. The third kappa shape index (κ3) is 3.77. The normalized spacial score (nSPS) is 35.0. The Labute approximate surface area is 99.8 Å². The molecule has 0 amide bonds. The quantitative estimate of drug-likeness (QED) is 0.790. The highest BCUT2D eigenvalue weighted by Crippen LogP contribution is 2.35. The summed E-state index contributed by atoms with van der Waals surface area (Å²) in [6.45, 7) is 6.41. The van der Waals surface area contributed by atoms with Crippen LogP contribution in [-0.2, 0) is 0 Å². The standard InChI is InChI=1S/C13H25N3/c1-11-7-12(2)9-13(8-11,10-14)15-5-6-16(3)4/h11-12,15H,5-9H2,1-4H3. The minimum atomic E-state index is -0.271. The summed E-state index contributed by atoms with van der Waals surface area (Å²) >= 11 is 0. The van der Waals surface area contributed by atoms with Gasteiger partial charge in [-0.05, 0) is 45.2 Å². The van der Waals surface area contributed by atoms with E-state index in [1.165, 1.54) is 6.42 Å². The van der Waals surface area contributed by atoms with Crippen LogP contribution in [0.3, 0.4) is 0 Å². The molecule has 0 aromatic rings. The minimum Gasteiger partial charge on any atom is -0.308 e. The van der Waals surface area contributed by atoms with Gasteiger partial charge in [-0.25, -0.2) is 0 Å². The van der Waals surface area contributed by atoms with Gasteiger partial charge in [-0.15, -0.1) is 0 Å². The lowest BCUT2D eigenvalue weighted by atomic mass is 9.72. The highest BCUT2D eigenvalue weighted by atomic mass is 15.1. The molecule has 1 N–H and O–H groups in total. The lowest BCUT2D eigenvalue weighted by Crippen LogP contribution is -2.50. The van der Waals surface area contributed by atoms with Crippen LogP contribution in [-0.4, -0.2) is 37.6 Å². The molecule has 1 saturated carbocycles. The maximum atomic E-state index is 9.42. The molecule has 0 aromatic carbocycles. The van der Waals surface area contributed by atoms with E-state index in [4.69, 9.17) is 0 Å². The summed E-state index contributed by atoms with van der Waals surface area (Å²) < 4.78 is 0. The van der Waals surface area contributed by atoms with Crippen molar-refractivity contribution >= 4 is 0 Å². The number of rotatable bonds is 4. The van der Waals surface area contributed by atoms with Gasteiger partial charge >= 0.3 is 0 Å². The van der Waals surface area contributed by atoms with Crippen molar-refractivity contribution < 1.29 is 0 Å². The number of hydrogen-bond donors (Lipinski definition) is 1. The van der Waals surface area contributed by atoms with Crippen molar-refractivity contribution in [3.8, 4) is 6.07 Å². The van der Waals surface area contributed by atoms with E-state index in [0.29, 0.717) is 11.8 Å². The molecule has 0 aliphatic heterocycles. The topological polar surface area (TPSA) is 39.1 Å². The Morgan fingerprint density at radius 2 is 1.88 bits per heavy atom. The molecular formula is C13H25N3. The van der Waals surface area contributed by atoms with Crippen LogP contribution >= 0.6 is 0 Å². The van der Waals surface area contributed by atoms with Crippen molar-refractivity contribution in [1.29, 1.82) is 5.26 Å². The number of likely N-dealkylation sites (N-methyl/N-ethyl adjacent to an activating group) is 1. The molecule has 16 heavy (non-hydrogen) atoms. The van der Waals surface area contributed by atoms with Gasteiger partial charge in [-0.1, -0.05) is 13.8 Å². The van der Waals surface area contributed by atoms with Crippen molar-refractivity contribution in [2.45, 2.75) is 38.6 Å². The highest BCUT2D eigenvalue weighted by Gasteiger charge is 2.37. The first-order valence-corrected chi connectivity index (χ1v) is 6.28. The molecule has 1 aliphatic carbocycles. The maximum Gasteiger partial charge on any atom is 0.107 e. The van der Waals surface area contributed by atoms with Crippen LogP contribution in [0.15, 0.2) is 0 Å². The van der Waals surface area contributed by atoms with Crippen LogP contribution in [0.25, 0.3) is 0 Å². The Morgan fingerprint density at radius 1 is 1.31 bits per heavy atom. The summed E-state index contributed by atoms with van der Waals surface area (Å²) in [7, 11) is 4.12. The number of nitriles is 1. The summed E-state index contributed by atoms with van der Waals surface area (Å²) in [5.41, 5.74) is -0.271. The summed E-state index contributed by atoms with van der Waals surface area (Å²) in [5, 5.41) is 12.9. The minimum absolute atomic E-state index is 0.271. The zero-order valence-corrected chi connectivity index (χ0v) is 11.1. The molecule has 0 saturated heterocycles. The third-order valence-electron chi connectivity index (χ3n) is 3.44. The van der Waals surface area contributed by atoms with Gasteiger partial charge in [0, 0.05) is 13.1 Å². The molecular weight excluding hydrogens is 198 g/mol. The summed E-state index contributed by atoms with van der Waals surface area (Å²) in [6, 6.07) is 2.52. The van der Waals surface area contributed by atoms with Crippen LogP contribution in [0.5, 0.6) is 0 Å². The first-order valence-electron chi connectivity index (χ1n) is 6.28. The number of nitrogens with zero attached hydrogens (tertiary/aromatic N) is 2. The molecule has 0 aromatic heterocycles. The van der Waals surface area contributed by atoms with E-state index in [-0.39, 0.29) is 5.54 Å². The van der Waals surface area contributed by atoms with Crippen molar-refractivity contribution in [3.05, 3.63) is 0 Å². The van der Waals surface area contributed by atoms with Gasteiger partial charge in [-0.3, -0.25) is 5.32 Å². The van der Waals surface area contributed by atoms with E-state index in [9.17, 15) is 5.26 Å². The second kappa shape index (κ2) is 5.65. The van der Waals surface area contributed by atoms with E-state index >= 15 is 0 Å². The van der Waals surface area contributed by atoms with E-state index in [1.54, 1.807) is 0 Å². The van der Waals surface area contributed by atoms with Crippen molar-refractivity contribution in [3.63, 3.8) is 0 Å². The molecule has 0 bridgehead atoms. The van der Waals surface area contributed by atoms with E-state index in [1.807, 2.05) is 0 Å². The van der Waals surface area contributed by atoms with Crippen LogP contribution in [0.2, 0.25) is 0 Å². The van der Waals surface area contributed by atoms with Gasteiger partial charge < -0.3 is 4.90 Å². The SMILES string of the molecule is CC1CC(C)CC(C#N)(NCCN(C)C)C1. The van der Waals surface area contributed by atoms with Crippen molar-refractivity contribution in [2.75, 3.05) is 27.2 Å². The van der Waals surface area contributed by atoms with Crippen LogP contribution < -0.4 is 5.32 Å². The van der Waals surface area contributed by atoms with Gasteiger partial charge in [0.2, 0.25) is 0 Å². The summed E-state index contributed by atoms with van der Waals surface area (Å²) in [6.07, 6.45) is 3.27. The molecule has 0 spiro atoms. The monoisotopic (exact) mass is 223 g/mol. The fourth-order valence-corrected chi connectivity index (χ4v) is 2.92. The third-order valence-corrected chi connectivity index (χ3v) is 3.44. The average Bonchev–Trinajstić information content (AvgIpc) is 2.15. The predicted molar refractivity (Wildman–Crippen MR) is 67.1 cm³/mol. The van der Waals surface area contributed by atoms with Crippen molar-refractivity contribution in [2.24, 2.45) is 11.8 Å². The Kier molecular flexibility index (Phi) is 4.76. The molecule has 0 radical (unpaired) electrons. The first kappa shape index (κ1) is 13.5. The van der Waals surface area contributed by atoms with E-state index in [0.717, 1.165) is 25.9 Å². The molecule has 3 heteroatoms. The molecule has 2 unspecified atom stereocenters. The Morgan fingerprint density at radius 3 is 2.31 bits per heavy atom. The van der Waals surface area contributed by atoms with Gasteiger partial charge in [-0.2, -0.15) is 5.26 Å². The lowest BCUT2D eigenvalue weighted by Gasteiger charge is -2.38. The molecule has 0 heterocycles. The predicted octanol–water partition coefficient (Wildman–Crippen LogP) is 1.86. The highest BCUT2D eigenvalue weighted by molar-refractivity contribution is 5.10. The second-order valence-corrected chi connectivity index (χ2v) is 5.78. The zero-order chi connectivity index (χ0) is 12.2. The fourth-order valence-electron chi connectivity index (χ4n) is 2.92. The lowest BCUT2D eigenvalue weighted by molar-refractivity contribution is 0.186. The molecule has 1 aliphatic rings. The van der Waals surface area contributed by atoms with E-state index < -0.39 is 0 Å². The first-order chi connectivity index (χ1) is 7.47. The number of hydrogen-bond acceptors (Lipinski definition) is 3. The van der Waals surface area contributed by atoms with Gasteiger partial charge in [0.25, 0.3) is 0 Å². The van der Waals surface area contributed by atoms with Crippen LogP contribution in [0.4, 0.5) is 0 Å². The second-order valence-electron chi connectivity index (χ2n) is 5.78. The zero-order valence-electron chi connectivity index (χ0n) is 11.1. The van der Waals surface area contributed by atoms with Crippen LogP contribution in [0, 0.1) is 23.2 Å². The smallest absolute Gasteiger partial charge is 0.107 e. The van der Waals surface area contributed by atoms with Crippen molar-refractivity contribution in [1.82, 2.24) is 10.2 Å². The average molecular weight is 223 g/mol. The van der Waals surface area contributed by atoms with Gasteiger partial charge in [0.1, 0.15) is 5.54 Å². The Balaban J connectivity index is 2.52. The maximum absolute atomic E-state index is 9.42. The fraction of sp³-hybridized carbons (Fsp3) is 0.923. The Bertz CT molecular complexity index is 244. The molecule has 2 atom stereocenters. The summed E-state index contributed by atoms with van der Waals surface area (Å²) in [4.78, 5) is 2.15. The molecule has 1 rings (SSSR count).